The second-order valence-electron chi connectivity index (χ2n) is 5.18. The van der Waals surface area contributed by atoms with E-state index in [0.29, 0.717) is 12.3 Å². The summed E-state index contributed by atoms with van der Waals surface area (Å²) in [5.74, 6) is -0.0143. The predicted octanol–water partition coefficient (Wildman–Crippen LogP) is 2.59. The van der Waals surface area contributed by atoms with Gasteiger partial charge < -0.3 is 9.84 Å². The Balaban J connectivity index is 1.75. The van der Waals surface area contributed by atoms with Crippen LogP contribution in [0.4, 0.5) is 17.6 Å². The summed E-state index contributed by atoms with van der Waals surface area (Å²) >= 11 is 0. The molecule has 1 N–H and O–H groups in total. The molecule has 1 heterocycles. The van der Waals surface area contributed by atoms with Crippen LogP contribution in [0.3, 0.4) is 0 Å². The summed E-state index contributed by atoms with van der Waals surface area (Å²) in [6, 6.07) is 5.69. The number of aliphatic hydroxyl groups is 1. The first-order chi connectivity index (χ1) is 9.80. The number of hydrogen-bond donors (Lipinski definition) is 1. The molecule has 0 aromatic heterocycles. The normalized spacial score (nSPS) is 19.5. The van der Waals surface area contributed by atoms with Gasteiger partial charge in [0.25, 0.3) is 0 Å². The lowest BCUT2D eigenvalue weighted by Crippen LogP contribution is -2.53. The lowest BCUT2D eigenvalue weighted by molar-refractivity contribution is -0.272. The molecule has 0 amide bonds. The second-order valence-corrected chi connectivity index (χ2v) is 5.18. The highest BCUT2D eigenvalue weighted by atomic mass is 19.4. The van der Waals surface area contributed by atoms with E-state index < -0.39 is 17.6 Å². The van der Waals surface area contributed by atoms with Crippen molar-refractivity contribution < 1.29 is 27.4 Å². The van der Waals surface area contributed by atoms with E-state index in [9.17, 15) is 22.7 Å². The Bertz CT molecular complexity index is 470. The van der Waals surface area contributed by atoms with E-state index in [-0.39, 0.29) is 32.5 Å². The van der Waals surface area contributed by atoms with Crippen molar-refractivity contribution in [3.63, 3.8) is 0 Å². The molecular formula is C14H17F4NO2. The van der Waals surface area contributed by atoms with E-state index in [1.165, 1.54) is 18.2 Å². The van der Waals surface area contributed by atoms with Gasteiger partial charge in [0.05, 0.1) is 0 Å². The third kappa shape index (κ3) is 4.07. The third-order valence-electron chi connectivity index (χ3n) is 3.68. The molecule has 1 aliphatic rings. The standard InChI is InChI=1S/C14H17F4NO2/c15-11-2-1-3-12(10-11)21-9-8-19-6-4-13(20,5-7-19)14(16,17)18/h1-3,10,20H,4-9H2. The molecule has 0 bridgehead atoms. The largest absolute Gasteiger partial charge is 0.492 e. The molecular weight excluding hydrogens is 290 g/mol. The molecule has 0 atom stereocenters. The first-order valence-corrected chi connectivity index (χ1v) is 6.70. The first kappa shape index (κ1) is 16.0. The minimum Gasteiger partial charge on any atom is -0.492 e. The molecule has 1 fully saturated rings. The summed E-state index contributed by atoms with van der Waals surface area (Å²) in [6.45, 7) is 1.00. The molecule has 1 aliphatic heterocycles. The number of benzene rings is 1. The molecule has 3 nitrogen and oxygen atoms in total. The maximum Gasteiger partial charge on any atom is 0.417 e. The monoisotopic (exact) mass is 307 g/mol. The first-order valence-electron chi connectivity index (χ1n) is 6.70. The van der Waals surface area contributed by atoms with Crippen molar-refractivity contribution in [2.45, 2.75) is 24.6 Å². The topological polar surface area (TPSA) is 32.7 Å². The van der Waals surface area contributed by atoms with Crippen molar-refractivity contribution in [3.05, 3.63) is 30.1 Å². The second kappa shape index (κ2) is 6.19. The Morgan fingerprint density at radius 2 is 1.90 bits per heavy atom. The Hall–Kier alpha value is -1.34. The average molecular weight is 307 g/mol. The fourth-order valence-electron chi connectivity index (χ4n) is 2.28. The van der Waals surface area contributed by atoms with Crippen LogP contribution in [-0.4, -0.2) is 48.0 Å². The van der Waals surface area contributed by atoms with Crippen molar-refractivity contribution in [3.8, 4) is 5.75 Å². The van der Waals surface area contributed by atoms with Crippen molar-refractivity contribution in [1.29, 1.82) is 0 Å². The molecule has 1 aromatic rings. The zero-order valence-corrected chi connectivity index (χ0v) is 11.4. The molecule has 0 radical (unpaired) electrons. The van der Waals surface area contributed by atoms with Gasteiger partial charge in [-0.25, -0.2) is 4.39 Å². The van der Waals surface area contributed by atoms with Gasteiger partial charge in [-0.15, -0.1) is 0 Å². The van der Waals surface area contributed by atoms with Gasteiger partial charge in [-0.05, 0) is 25.0 Å². The molecule has 21 heavy (non-hydrogen) atoms. The molecule has 0 unspecified atom stereocenters. The van der Waals surface area contributed by atoms with Crippen LogP contribution in [0.2, 0.25) is 0 Å². The Labute approximate surface area is 120 Å². The molecule has 7 heteroatoms. The van der Waals surface area contributed by atoms with Gasteiger partial charge >= 0.3 is 6.18 Å². The van der Waals surface area contributed by atoms with Gasteiger partial charge in [-0.3, -0.25) is 4.90 Å². The number of alkyl halides is 3. The fraction of sp³-hybridized carbons (Fsp3) is 0.571. The van der Waals surface area contributed by atoms with Crippen LogP contribution in [0.1, 0.15) is 12.8 Å². The summed E-state index contributed by atoms with van der Waals surface area (Å²) in [7, 11) is 0. The summed E-state index contributed by atoms with van der Waals surface area (Å²) < 4.78 is 56.2. The highest BCUT2D eigenvalue weighted by Crippen LogP contribution is 2.38. The van der Waals surface area contributed by atoms with Crippen LogP contribution in [0.25, 0.3) is 0 Å². The predicted molar refractivity (Wildman–Crippen MR) is 68.6 cm³/mol. The minimum atomic E-state index is -4.59. The number of halogens is 4. The number of nitrogens with zero attached hydrogens (tertiary/aromatic N) is 1. The molecule has 1 saturated heterocycles. The molecule has 0 saturated carbocycles. The number of rotatable bonds is 4. The SMILES string of the molecule is OC1(C(F)(F)F)CCN(CCOc2cccc(F)c2)CC1. The van der Waals surface area contributed by atoms with E-state index in [4.69, 9.17) is 4.74 Å². The molecule has 2 rings (SSSR count). The summed E-state index contributed by atoms with van der Waals surface area (Å²) in [4.78, 5) is 1.79. The van der Waals surface area contributed by atoms with Gasteiger partial charge in [-0.2, -0.15) is 13.2 Å². The minimum absolute atomic E-state index is 0.155. The third-order valence-corrected chi connectivity index (χ3v) is 3.68. The Morgan fingerprint density at radius 3 is 2.48 bits per heavy atom. The van der Waals surface area contributed by atoms with Crippen LogP contribution < -0.4 is 4.74 Å². The molecule has 0 spiro atoms. The fourth-order valence-corrected chi connectivity index (χ4v) is 2.28. The van der Waals surface area contributed by atoms with Crippen LogP contribution in [0.15, 0.2) is 24.3 Å². The van der Waals surface area contributed by atoms with Crippen LogP contribution in [-0.2, 0) is 0 Å². The van der Waals surface area contributed by atoms with Gasteiger partial charge in [0.2, 0.25) is 0 Å². The zero-order chi connectivity index (χ0) is 15.5. The van der Waals surface area contributed by atoms with Gasteiger partial charge in [0, 0.05) is 25.7 Å². The van der Waals surface area contributed by atoms with Crippen molar-refractivity contribution >= 4 is 0 Å². The molecule has 1 aromatic carbocycles. The smallest absolute Gasteiger partial charge is 0.417 e. The Kier molecular flexibility index (Phi) is 4.73. The maximum atomic E-state index is 12.9. The maximum absolute atomic E-state index is 12.9. The number of ether oxygens (including phenoxy) is 1. The number of likely N-dealkylation sites (tertiary alicyclic amines) is 1. The lowest BCUT2D eigenvalue weighted by Gasteiger charge is -2.39. The van der Waals surface area contributed by atoms with E-state index in [1.54, 1.807) is 11.0 Å². The van der Waals surface area contributed by atoms with Crippen LogP contribution >= 0.6 is 0 Å². The molecule has 118 valence electrons. The highest BCUT2D eigenvalue weighted by molar-refractivity contribution is 5.22. The van der Waals surface area contributed by atoms with Gasteiger partial charge in [-0.1, -0.05) is 6.07 Å². The van der Waals surface area contributed by atoms with Gasteiger partial charge in [0.15, 0.2) is 5.60 Å². The summed E-state index contributed by atoms with van der Waals surface area (Å²) in [5, 5.41) is 9.53. The summed E-state index contributed by atoms with van der Waals surface area (Å²) in [6.07, 6.45) is -5.26. The van der Waals surface area contributed by atoms with Crippen molar-refractivity contribution in [2.24, 2.45) is 0 Å². The van der Waals surface area contributed by atoms with Crippen LogP contribution in [0.5, 0.6) is 5.75 Å². The average Bonchev–Trinajstić information content (AvgIpc) is 2.40. The number of hydrogen-bond acceptors (Lipinski definition) is 3. The zero-order valence-electron chi connectivity index (χ0n) is 11.4. The van der Waals surface area contributed by atoms with Crippen molar-refractivity contribution in [2.75, 3.05) is 26.2 Å². The summed E-state index contributed by atoms with van der Waals surface area (Å²) in [5.41, 5.74) is -2.58. The van der Waals surface area contributed by atoms with E-state index >= 15 is 0 Å². The lowest BCUT2D eigenvalue weighted by atomic mass is 9.91. The number of piperidine rings is 1. The van der Waals surface area contributed by atoms with Crippen molar-refractivity contribution in [1.82, 2.24) is 4.90 Å². The van der Waals surface area contributed by atoms with Crippen LogP contribution in [0, 0.1) is 5.82 Å². The van der Waals surface area contributed by atoms with E-state index in [2.05, 4.69) is 0 Å². The highest BCUT2D eigenvalue weighted by Gasteiger charge is 2.54. The van der Waals surface area contributed by atoms with E-state index in [1.807, 2.05) is 0 Å². The van der Waals surface area contributed by atoms with E-state index in [0.717, 1.165) is 0 Å². The molecule has 0 aliphatic carbocycles. The quantitative estimate of drug-likeness (QED) is 0.868. The van der Waals surface area contributed by atoms with Gasteiger partial charge in [0.1, 0.15) is 18.2 Å². The Morgan fingerprint density at radius 1 is 1.24 bits per heavy atom.